The predicted octanol–water partition coefficient (Wildman–Crippen LogP) is 1.09. The lowest BCUT2D eigenvalue weighted by molar-refractivity contribution is 0.416. The Morgan fingerprint density at radius 2 is 2.19 bits per heavy atom. The van der Waals surface area contributed by atoms with Crippen molar-refractivity contribution in [2.75, 3.05) is 7.11 Å². The van der Waals surface area contributed by atoms with E-state index >= 15 is 0 Å². The van der Waals surface area contributed by atoms with Gasteiger partial charge in [-0.1, -0.05) is 12.1 Å². The normalized spacial score (nSPS) is 10.4. The quantitative estimate of drug-likeness (QED) is 0.822. The third-order valence-electron chi connectivity index (χ3n) is 2.46. The summed E-state index contributed by atoms with van der Waals surface area (Å²) >= 11 is 0. The molecule has 0 amide bonds. The molecule has 0 saturated carbocycles. The van der Waals surface area contributed by atoms with Gasteiger partial charge in [0, 0.05) is 7.05 Å². The van der Waals surface area contributed by atoms with E-state index < -0.39 is 0 Å². The van der Waals surface area contributed by atoms with Crippen molar-refractivity contribution in [2.24, 2.45) is 7.05 Å². The summed E-state index contributed by atoms with van der Waals surface area (Å²) in [6, 6.07) is 5.69. The lowest BCUT2D eigenvalue weighted by Gasteiger charge is -2.08. The lowest BCUT2D eigenvalue weighted by atomic mass is 10.1. The fourth-order valence-corrected chi connectivity index (χ4v) is 1.63. The van der Waals surface area contributed by atoms with Gasteiger partial charge < -0.3 is 4.74 Å². The minimum Gasteiger partial charge on any atom is -0.496 e. The molecule has 2 rings (SSSR count). The highest BCUT2D eigenvalue weighted by Gasteiger charge is 2.12. The molecule has 0 aliphatic rings. The van der Waals surface area contributed by atoms with E-state index in [0.29, 0.717) is 11.6 Å². The first-order chi connectivity index (χ1) is 7.63. The van der Waals surface area contributed by atoms with Gasteiger partial charge in [0.05, 0.1) is 12.7 Å². The maximum Gasteiger partial charge on any atom is 0.343 e. The standard InChI is InChI=1S/C11H13N3O2/c1-7-5-4-6-8(16-3)9(7)10-12-11(15)14(2)13-10/h4-6H,1-3H3,(H,12,13,15). The molecule has 16 heavy (non-hydrogen) atoms. The number of methoxy groups -OCH3 is 1. The Morgan fingerprint density at radius 1 is 1.44 bits per heavy atom. The number of nitrogens with zero attached hydrogens (tertiary/aromatic N) is 2. The molecule has 1 aromatic heterocycles. The molecule has 1 aromatic carbocycles. The zero-order valence-electron chi connectivity index (χ0n) is 9.44. The molecule has 0 saturated heterocycles. The average Bonchev–Trinajstić information content (AvgIpc) is 2.58. The average molecular weight is 219 g/mol. The Hall–Kier alpha value is -2.04. The maximum absolute atomic E-state index is 11.3. The van der Waals surface area contributed by atoms with E-state index in [1.165, 1.54) is 4.68 Å². The Labute approximate surface area is 92.7 Å². The van der Waals surface area contributed by atoms with E-state index in [1.807, 2.05) is 25.1 Å². The Morgan fingerprint density at radius 3 is 2.75 bits per heavy atom. The largest absolute Gasteiger partial charge is 0.496 e. The van der Waals surface area contributed by atoms with Crippen LogP contribution in [0.3, 0.4) is 0 Å². The van der Waals surface area contributed by atoms with E-state index in [9.17, 15) is 4.79 Å². The van der Waals surface area contributed by atoms with Gasteiger partial charge in [0.15, 0.2) is 5.82 Å². The molecule has 5 heteroatoms. The van der Waals surface area contributed by atoms with Gasteiger partial charge >= 0.3 is 5.69 Å². The molecule has 0 unspecified atom stereocenters. The molecule has 5 nitrogen and oxygen atoms in total. The second-order valence-electron chi connectivity index (χ2n) is 3.55. The van der Waals surface area contributed by atoms with E-state index in [4.69, 9.17) is 4.74 Å². The van der Waals surface area contributed by atoms with Crippen LogP contribution in [0.25, 0.3) is 11.4 Å². The summed E-state index contributed by atoms with van der Waals surface area (Å²) in [6.07, 6.45) is 0. The molecule has 0 fully saturated rings. The van der Waals surface area contributed by atoms with Crippen molar-refractivity contribution in [3.8, 4) is 17.1 Å². The summed E-state index contributed by atoms with van der Waals surface area (Å²) in [5.74, 6) is 1.23. The zero-order chi connectivity index (χ0) is 11.7. The minimum absolute atomic E-state index is 0.236. The number of H-pyrrole nitrogens is 1. The molecule has 2 aromatic rings. The van der Waals surface area contributed by atoms with Crippen LogP contribution in [0.2, 0.25) is 0 Å². The van der Waals surface area contributed by atoms with Gasteiger partial charge in [-0.3, -0.25) is 4.98 Å². The van der Waals surface area contributed by atoms with Gasteiger partial charge in [-0.2, -0.15) is 0 Å². The van der Waals surface area contributed by atoms with E-state index in [-0.39, 0.29) is 5.69 Å². The fraction of sp³-hybridized carbons (Fsp3) is 0.273. The van der Waals surface area contributed by atoms with Crippen LogP contribution in [0.15, 0.2) is 23.0 Å². The molecular weight excluding hydrogens is 206 g/mol. The Kier molecular flexibility index (Phi) is 2.52. The SMILES string of the molecule is COc1cccc(C)c1-c1nn(C)c(=O)[nH]1. The smallest absolute Gasteiger partial charge is 0.343 e. The topological polar surface area (TPSA) is 59.9 Å². The van der Waals surface area contributed by atoms with Crippen molar-refractivity contribution in [3.05, 3.63) is 34.2 Å². The van der Waals surface area contributed by atoms with Crippen molar-refractivity contribution in [3.63, 3.8) is 0 Å². The molecular formula is C11H13N3O2. The zero-order valence-corrected chi connectivity index (χ0v) is 9.44. The van der Waals surface area contributed by atoms with Crippen LogP contribution >= 0.6 is 0 Å². The van der Waals surface area contributed by atoms with Crippen LogP contribution in [-0.2, 0) is 7.05 Å². The molecule has 0 aliphatic carbocycles. The predicted molar refractivity (Wildman–Crippen MR) is 60.6 cm³/mol. The van der Waals surface area contributed by atoms with Crippen LogP contribution in [-0.4, -0.2) is 21.9 Å². The number of benzene rings is 1. The summed E-state index contributed by atoms with van der Waals surface area (Å²) < 4.78 is 6.52. The number of hydrogen-bond donors (Lipinski definition) is 1. The number of rotatable bonds is 2. The van der Waals surface area contributed by atoms with Crippen LogP contribution in [0.5, 0.6) is 5.75 Å². The highest BCUT2D eigenvalue weighted by Crippen LogP contribution is 2.29. The maximum atomic E-state index is 11.3. The van der Waals surface area contributed by atoms with Gasteiger partial charge in [-0.15, -0.1) is 5.10 Å². The van der Waals surface area contributed by atoms with Gasteiger partial charge in [-0.05, 0) is 18.6 Å². The number of nitrogens with one attached hydrogen (secondary N) is 1. The van der Waals surface area contributed by atoms with Crippen molar-refractivity contribution < 1.29 is 4.74 Å². The molecule has 0 radical (unpaired) electrons. The van der Waals surface area contributed by atoms with E-state index in [2.05, 4.69) is 10.1 Å². The first kappa shape index (κ1) is 10.5. The summed E-state index contributed by atoms with van der Waals surface area (Å²) in [5, 5.41) is 4.12. The first-order valence-electron chi connectivity index (χ1n) is 4.90. The molecule has 0 spiro atoms. The Bertz CT molecular complexity index is 569. The first-order valence-corrected chi connectivity index (χ1v) is 4.90. The third kappa shape index (κ3) is 1.60. The van der Waals surface area contributed by atoms with Crippen molar-refractivity contribution in [1.29, 1.82) is 0 Å². The fourth-order valence-electron chi connectivity index (χ4n) is 1.63. The van der Waals surface area contributed by atoms with Crippen LogP contribution in [0, 0.1) is 6.92 Å². The number of aromatic amines is 1. The molecule has 1 heterocycles. The number of aryl methyl sites for hydroxylation is 2. The summed E-state index contributed by atoms with van der Waals surface area (Å²) in [5.41, 5.74) is 1.59. The number of ether oxygens (including phenoxy) is 1. The molecule has 0 bridgehead atoms. The van der Waals surface area contributed by atoms with Crippen molar-refractivity contribution in [1.82, 2.24) is 14.8 Å². The molecule has 0 atom stereocenters. The highest BCUT2D eigenvalue weighted by atomic mass is 16.5. The Balaban J connectivity index is 2.67. The summed E-state index contributed by atoms with van der Waals surface area (Å²) in [4.78, 5) is 14.0. The summed E-state index contributed by atoms with van der Waals surface area (Å²) in [7, 11) is 3.20. The highest BCUT2D eigenvalue weighted by molar-refractivity contribution is 5.67. The van der Waals surface area contributed by atoms with Gasteiger partial charge in [0.25, 0.3) is 0 Å². The minimum atomic E-state index is -0.236. The second kappa shape index (κ2) is 3.84. The monoisotopic (exact) mass is 219 g/mol. The molecule has 1 N–H and O–H groups in total. The third-order valence-corrected chi connectivity index (χ3v) is 2.46. The van der Waals surface area contributed by atoms with Crippen LogP contribution in [0.1, 0.15) is 5.56 Å². The van der Waals surface area contributed by atoms with E-state index in [1.54, 1.807) is 14.2 Å². The summed E-state index contributed by atoms with van der Waals surface area (Å²) in [6.45, 7) is 1.95. The van der Waals surface area contributed by atoms with E-state index in [0.717, 1.165) is 11.1 Å². The van der Waals surface area contributed by atoms with Crippen LogP contribution in [0.4, 0.5) is 0 Å². The van der Waals surface area contributed by atoms with Crippen LogP contribution < -0.4 is 10.4 Å². The molecule has 84 valence electrons. The van der Waals surface area contributed by atoms with Gasteiger partial charge in [-0.25, -0.2) is 9.48 Å². The van der Waals surface area contributed by atoms with Crippen molar-refractivity contribution in [2.45, 2.75) is 6.92 Å². The molecule has 0 aliphatic heterocycles. The number of aromatic nitrogens is 3. The van der Waals surface area contributed by atoms with Gasteiger partial charge in [0.1, 0.15) is 5.75 Å². The van der Waals surface area contributed by atoms with Crippen molar-refractivity contribution >= 4 is 0 Å². The second-order valence-corrected chi connectivity index (χ2v) is 3.55. The number of hydrogen-bond acceptors (Lipinski definition) is 3. The van der Waals surface area contributed by atoms with Gasteiger partial charge in [0.2, 0.25) is 0 Å². The lowest BCUT2D eigenvalue weighted by Crippen LogP contribution is -2.13.